The number of hydrogen-bond donors (Lipinski definition) is 1. The van der Waals surface area contributed by atoms with Crippen molar-refractivity contribution in [2.24, 2.45) is 0 Å². The lowest BCUT2D eigenvalue weighted by molar-refractivity contribution is -0.386. The van der Waals surface area contributed by atoms with Gasteiger partial charge in [-0.3, -0.25) is 15.2 Å². The molecule has 0 bridgehead atoms. The fourth-order valence-electron chi connectivity index (χ4n) is 1.16. The van der Waals surface area contributed by atoms with E-state index in [0.717, 1.165) is 7.11 Å². The van der Waals surface area contributed by atoms with Crippen molar-refractivity contribution < 1.29 is 19.2 Å². The maximum atomic E-state index is 10.8. The van der Waals surface area contributed by atoms with E-state index in [9.17, 15) is 14.9 Å². The molecule has 1 heterocycles. The molecule has 1 N–H and O–H groups in total. The third kappa shape index (κ3) is 2.47. The van der Waals surface area contributed by atoms with E-state index in [1.54, 1.807) is 0 Å². The number of carbonyl (C=O) groups is 1. The summed E-state index contributed by atoms with van der Waals surface area (Å²) >= 11 is 0. The standard InChI is InChI=1S/C8H11N3O5/c1-3-4-5-6(11(13)14)7(10-9-5)16-8(12)15-2/h3-4H2,1-2H3,(H,9,10). The van der Waals surface area contributed by atoms with Crippen molar-refractivity contribution in [2.75, 3.05) is 7.11 Å². The first-order chi connectivity index (χ1) is 7.60. The second-order valence-corrected chi connectivity index (χ2v) is 2.92. The molecule has 0 aliphatic carbocycles. The van der Waals surface area contributed by atoms with E-state index in [2.05, 4.69) is 19.7 Å². The van der Waals surface area contributed by atoms with E-state index in [1.165, 1.54) is 0 Å². The SMILES string of the molecule is CCCc1[nH]nc(OC(=O)OC)c1[N+](=O)[O-]. The molecule has 0 aliphatic rings. The van der Waals surface area contributed by atoms with Crippen LogP contribution in [0.4, 0.5) is 10.5 Å². The molecule has 0 aromatic carbocycles. The zero-order valence-electron chi connectivity index (χ0n) is 8.85. The molecule has 0 saturated heterocycles. The monoisotopic (exact) mass is 229 g/mol. The van der Waals surface area contributed by atoms with Crippen molar-refractivity contribution in [3.05, 3.63) is 15.8 Å². The van der Waals surface area contributed by atoms with E-state index in [0.29, 0.717) is 18.5 Å². The third-order valence-corrected chi connectivity index (χ3v) is 1.81. The number of methoxy groups -OCH3 is 1. The van der Waals surface area contributed by atoms with E-state index in [-0.39, 0.29) is 11.6 Å². The molecule has 88 valence electrons. The van der Waals surface area contributed by atoms with Crippen molar-refractivity contribution >= 4 is 11.8 Å². The van der Waals surface area contributed by atoms with Crippen LogP contribution in [-0.4, -0.2) is 28.4 Å². The molecule has 8 heteroatoms. The summed E-state index contributed by atoms with van der Waals surface area (Å²) in [7, 11) is 1.10. The second kappa shape index (κ2) is 5.10. The van der Waals surface area contributed by atoms with E-state index < -0.39 is 11.1 Å². The molecule has 1 aromatic rings. The molecule has 0 amide bonds. The van der Waals surface area contributed by atoms with Gasteiger partial charge >= 0.3 is 17.7 Å². The van der Waals surface area contributed by atoms with E-state index in [1.807, 2.05) is 6.92 Å². The molecule has 0 saturated carbocycles. The maximum Gasteiger partial charge on any atom is 0.515 e. The number of aryl methyl sites for hydroxylation is 1. The first kappa shape index (κ1) is 12.0. The molecule has 0 spiro atoms. The van der Waals surface area contributed by atoms with Crippen molar-refractivity contribution in [1.82, 2.24) is 10.2 Å². The highest BCUT2D eigenvalue weighted by atomic mass is 16.7. The Morgan fingerprint density at radius 1 is 1.62 bits per heavy atom. The summed E-state index contributed by atoms with van der Waals surface area (Å²) in [6.45, 7) is 1.87. The summed E-state index contributed by atoms with van der Waals surface area (Å²) < 4.78 is 8.76. The fourth-order valence-corrected chi connectivity index (χ4v) is 1.16. The average Bonchev–Trinajstić information content (AvgIpc) is 2.61. The van der Waals surface area contributed by atoms with Crippen LogP contribution in [0, 0.1) is 10.1 Å². The Kier molecular flexibility index (Phi) is 3.81. The minimum absolute atomic E-state index is 0.325. The summed E-state index contributed by atoms with van der Waals surface area (Å²) in [4.78, 5) is 20.9. The number of aromatic nitrogens is 2. The number of ether oxygens (including phenoxy) is 2. The van der Waals surface area contributed by atoms with Crippen LogP contribution < -0.4 is 4.74 Å². The smallest absolute Gasteiger partial charge is 0.437 e. The van der Waals surface area contributed by atoms with E-state index >= 15 is 0 Å². The number of H-pyrrole nitrogens is 1. The van der Waals surface area contributed by atoms with Crippen LogP contribution in [0.3, 0.4) is 0 Å². The molecular formula is C8H11N3O5. The summed E-state index contributed by atoms with van der Waals surface area (Å²) in [5.41, 5.74) is -0.00125. The van der Waals surface area contributed by atoms with Gasteiger partial charge in [0.15, 0.2) is 0 Å². The van der Waals surface area contributed by atoms with E-state index in [4.69, 9.17) is 0 Å². The zero-order valence-corrected chi connectivity index (χ0v) is 8.85. The van der Waals surface area contributed by atoms with Crippen LogP contribution in [0.15, 0.2) is 0 Å². The van der Waals surface area contributed by atoms with Crippen LogP contribution in [0.1, 0.15) is 19.0 Å². The number of rotatable bonds is 4. The lowest BCUT2D eigenvalue weighted by atomic mass is 10.2. The quantitative estimate of drug-likeness (QED) is 0.475. The highest BCUT2D eigenvalue weighted by Gasteiger charge is 2.27. The normalized spacial score (nSPS) is 9.88. The first-order valence-corrected chi connectivity index (χ1v) is 4.57. The Labute approximate surface area is 90.7 Å². The van der Waals surface area contributed by atoms with Gasteiger partial charge in [0.05, 0.1) is 12.0 Å². The van der Waals surface area contributed by atoms with Gasteiger partial charge in [-0.2, -0.15) is 0 Å². The lowest BCUT2D eigenvalue weighted by Crippen LogP contribution is -2.08. The molecule has 1 rings (SSSR count). The summed E-state index contributed by atoms with van der Waals surface area (Å²) in [5.74, 6) is -0.375. The molecule has 1 aromatic heterocycles. The van der Waals surface area contributed by atoms with Crippen molar-refractivity contribution in [3.8, 4) is 5.88 Å². The van der Waals surface area contributed by atoms with Gasteiger partial charge in [-0.05, 0) is 6.42 Å². The molecule has 0 radical (unpaired) electrons. The topological polar surface area (TPSA) is 107 Å². The van der Waals surface area contributed by atoms with Crippen LogP contribution in [0.2, 0.25) is 0 Å². The number of carbonyl (C=O) groups excluding carboxylic acids is 1. The van der Waals surface area contributed by atoms with Gasteiger partial charge < -0.3 is 9.47 Å². The summed E-state index contributed by atoms with van der Waals surface area (Å²) in [5, 5.41) is 16.8. The van der Waals surface area contributed by atoms with Crippen LogP contribution in [-0.2, 0) is 11.2 Å². The van der Waals surface area contributed by atoms with Crippen molar-refractivity contribution in [2.45, 2.75) is 19.8 Å². The molecule has 0 fully saturated rings. The summed E-state index contributed by atoms with van der Waals surface area (Å²) in [6.07, 6.45) is 0.117. The van der Waals surface area contributed by atoms with Gasteiger partial charge in [-0.25, -0.2) is 4.79 Å². The number of aromatic amines is 1. The number of hydrogen-bond acceptors (Lipinski definition) is 6. The van der Waals surface area contributed by atoms with Gasteiger partial charge in [0.1, 0.15) is 5.69 Å². The predicted molar refractivity (Wildman–Crippen MR) is 52.3 cm³/mol. The summed E-state index contributed by atoms with van der Waals surface area (Å²) in [6, 6.07) is 0. The highest BCUT2D eigenvalue weighted by molar-refractivity contribution is 5.65. The maximum absolute atomic E-state index is 10.8. The van der Waals surface area contributed by atoms with Gasteiger partial charge in [-0.15, -0.1) is 5.10 Å². The van der Waals surface area contributed by atoms with Crippen LogP contribution in [0.25, 0.3) is 0 Å². The molecular weight excluding hydrogens is 218 g/mol. The van der Waals surface area contributed by atoms with Crippen LogP contribution >= 0.6 is 0 Å². The lowest BCUT2D eigenvalue weighted by Gasteiger charge is -1.97. The molecule has 0 aliphatic heterocycles. The molecule has 8 nitrogen and oxygen atoms in total. The minimum Gasteiger partial charge on any atom is -0.437 e. The minimum atomic E-state index is -1.04. The molecule has 16 heavy (non-hydrogen) atoms. The zero-order chi connectivity index (χ0) is 12.1. The Morgan fingerprint density at radius 2 is 2.31 bits per heavy atom. The van der Waals surface area contributed by atoms with Gasteiger partial charge in [0.2, 0.25) is 0 Å². The van der Waals surface area contributed by atoms with Crippen molar-refractivity contribution in [1.29, 1.82) is 0 Å². The molecule has 0 unspecified atom stereocenters. The average molecular weight is 229 g/mol. The van der Waals surface area contributed by atoms with Crippen molar-refractivity contribution in [3.63, 3.8) is 0 Å². The Balaban J connectivity index is 3.00. The predicted octanol–water partition coefficient (Wildman–Crippen LogP) is 1.42. The fraction of sp³-hybridized carbons (Fsp3) is 0.500. The molecule has 0 atom stereocenters. The third-order valence-electron chi connectivity index (χ3n) is 1.81. The van der Waals surface area contributed by atoms with Gasteiger partial charge in [-0.1, -0.05) is 13.3 Å². The Bertz CT molecular complexity index is 400. The second-order valence-electron chi connectivity index (χ2n) is 2.92. The van der Waals surface area contributed by atoms with Crippen LogP contribution in [0.5, 0.6) is 5.88 Å². The number of nitro groups is 1. The number of nitrogens with zero attached hydrogens (tertiary/aromatic N) is 2. The van der Waals surface area contributed by atoms with Gasteiger partial charge in [0.25, 0.3) is 0 Å². The Hall–Kier alpha value is -2.12. The Morgan fingerprint density at radius 3 is 2.81 bits per heavy atom. The number of nitrogens with one attached hydrogen (secondary N) is 1. The first-order valence-electron chi connectivity index (χ1n) is 4.57. The highest BCUT2D eigenvalue weighted by Crippen LogP contribution is 2.29. The largest absolute Gasteiger partial charge is 0.515 e. The van der Waals surface area contributed by atoms with Gasteiger partial charge in [0, 0.05) is 0 Å².